The van der Waals surface area contributed by atoms with E-state index in [2.05, 4.69) is 15.0 Å². The van der Waals surface area contributed by atoms with Gasteiger partial charge in [-0.1, -0.05) is 11.6 Å². The van der Waals surface area contributed by atoms with Crippen LogP contribution in [0.4, 0.5) is 0 Å². The molecule has 2 aromatic heterocycles. The van der Waals surface area contributed by atoms with Gasteiger partial charge in [0.25, 0.3) is 0 Å². The summed E-state index contributed by atoms with van der Waals surface area (Å²) in [6.45, 7) is 0. The Hall–Kier alpha value is -1.66. The zero-order valence-electron chi connectivity index (χ0n) is 8.37. The predicted molar refractivity (Wildman–Crippen MR) is 62.4 cm³/mol. The molecule has 0 amide bonds. The van der Waals surface area contributed by atoms with Crippen molar-refractivity contribution in [3.8, 4) is 0 Å². The molecule has 0 fully saturated rings. The fraction of sp³-hybridized carbons (Fsp3) is 0. The zero-order chi connectivity index (χ0) is 12.3. The molecule has 0 aliphatic carbocycles. The lowest BCUT2D eigenvalue weighted by Gasteiger charge is -2.00. The maximum Gasteiger partial charge on any atom is 0.354 e. The summed E-state index contributed by atoms with van der Waals surface area (Å²) in [7, 11) is 0. The van der Waals surface area contributed by atoms with Crippen molar-refractivity contribution in [2.75, 3.05) is 0 Å². The first-order valence-corrected chi connectivity index (χ1v) is 5.69. The van der Waals surface area contributed by atoms with E-state index in [1.807, 2.05) is 0 Å². The second-order valence-electron chi connectivity index (χ2n) is 2.97. The number of nitrogens with zero attached hydrogens (tertiary/aromatic N) is 3. The largest absolute Gasteiger partial charge is 0.477 e. The molecular formula is C10H6ClN3O2S. The number of carboxylic acid groups (broad SMARTS) is 1. The molecule has 5 nitrogen and oxygen atoms in total. The summed E-state index contributed by atoms with van der Waals surface area (Å²) < 4.78 is 0. The Morgan fingerprint density at radius 1 is 1.29 bits per heavy atom. The summed E-state index contributed by atoms with van der Waals surface area (Å²) in [5.74, 6) is -1.07. The number of carbonyl (C=O) groups is 1. The van der Waals surface area contributed by atoms with Gasteiger partial charge in [0.05, 0.1) is 17.4 Å². The molecule has 17 heavy (non-hydrogen) atoms. The van der Waals surface area contributed by atoms with E-state index in [4.69, 9.17) is 16.7 Å². The molecule has 0 bridgehead atoms. The maximum atomic E-state index is 10.7. The molecule has 0 saturated carbocycles. The molecule has 1 N–H and O–H groups in total. The minimum Gasteiger partial charge on any atom is -0.477 e. The lowest BCUT2D eigenvalue weighted by molar-refractivity contribution is 0.0690. The molecule has 86 valence electrons. The van der Waals surface area contributed by atoms with Crippen LogP contribution in [-0.2, 0) is 0 Å². The number of rotatable bonds is 3. The summed E-state index contributed by atoms with van der Waals surface area (Å²) in [5, 5.41) is 9.74. The average molecular weight is 268 g/mol. The molecule has 2 rings (SSSR count). The van der Waals surface area contributed by atoms with Crippen LogP contribution < -0.4 is 0 Å². The van der Waals surface area contributed by atoms with E-state index >= 15 is 0 Å². The summed E-state index contributed by atoms with van der Waals surface area (Å²) in [6.07, 6.45) is 4.40. The Morgan fingerprint density at radius 3 is 2.65 bits per heavy atom. The Labute approximate surface area is 106 Å². The number of pyridine rings is 1. The number of aromatic nitrogens is 3. The van der Waals surface area contributed by atoms with Crippen molar-refractivity contribution in [1.82, 2.24) is 15.0 Å². The molecule has 0 saturated heterocycles. The zero-order valence-corrected chi connectivity index (χ0v) is 9.94. The van der Waals surface area contributed by atoms with Gasteiger partial charge in [-0.15, -0.1) is 0 Å². The molecule has 2 heterocycles. The van der Waals surface area contributed by atoms with Gasteiger partial charge in [-0.05, 0) is 23.9 Å². The van der Waals surface area contributed by atoms with Crippen LogP contribution in [-0.4, -0.2) is 26.0 Å². The lowest BCUT2D eigenvalue weighted by atomic mass is 10.4. The van der Waals surface area contributed by atoms with Crippen molar-refractivity contribution >= 4 is 29.3 Å². The van der Waals surface area contributed by atoms with E-state index in [1.54, 1.807) is 6.07 Å². The van der Waals surface area contributed by atoms with Crippen molar-refractivity contribution in [2.45, 2.75) is 10.1 Å². The summed E-state index contributed by atoms with van der Waals surface area (Å²) in [4.78, 5) is 23.2. The minimum atomic E-state index is -1.07. The van der Waals surface area contributed by atoms with E-state index in [-0.39, 0.29) is 5.69 Å². The number of carboxylic acids is 1. The van der Waals surface area contributed by atoms with E-state index in [0.717, 1.165) is 0 Å². The highest BCUT2D eigenvalue weighted by Gasteiger charge is 2.07. The van der Waals surface area contributed by atoms with E-state index < -0.39 is 5.97 Å². The Morgan fingerprint density at radius 2 is 2.00 bits per heavy atom. The second kappa shape index (κ2) is 5.11. The molecule has 0 spiro atoms. The summed E-state index contributed by atoms with van der Waals surface area (Å²) in [5.41, 5.74) is -0.0102. The van der Waals surface area contributed by atoms with Crippen LogP contribution in [0.25, 0.3) is 0 Å². The van der Waals surface area contributed by atoms with Crippen LogP contribution in [0.3, 0.4) is 0 Å². The number of hydrogen-bond donors (Lipinski definition) is 1. The fourth-order valence-corrected chi connectivity index (χ4v) is 1.87. The van der Waals surface area contributed by atoms with Crippen molar-refractivity contribution in [2.24, 2.45) is 0 Å². The van der Waals surface area contributed by atoms with Gasteiger partial charge in [0.15, 0.2) is 5.16 Å². The van der Waals surface area contributed by atoms with Gasteiger partial charge in [-0.3, -0.25) is 0 Å². The molecule has 0 atom stereocenters. The second-order valence-corrected chi connectivity index (χ2v) is 4.44. The molecule has 0 aliphatic heterocycles. The monoisotopic (exact) mass is 267 g/mol. The van der Waals surface area contributed by atoms with Gasteiger partial charge >= 0.3 is 5.97 Å². The van der Waals surface area contributed by atoms with Crippen LogP contribution in [0.2, 0.25) is 5.02 Å². The predicted octanol–water partition coefficient (Wildman–Crippen LogP) is 2.37. The maximum absolute atomic E-state index is 10.7. The van der Waals surface area contributed by atoms with E-state index in [9.17, 15) is 4.79 Å². The highest BCUT2D eigenvalue weighted by molar-refractivity contribution is 7.99. The Kier molecular flexibility index (Phi) is 3.55. The molecule has 0 radical (unpaired) electrons. The first kappa shape index (κ1) is 11.8. The normalized spacial score (nSPS) is 10.2. The Balaban J connectivity index is 2.21. The van der Waals surface area contributed by atoms with Gasteiger partial charge in [0.2, 0.25) is 0 Å². The minimum absolute atomic E-state index is 0.0102. The topological polar surface area (TPSA) is 76.0 Å². The lowest BCUT2D eigenvalue weighted by Crippen LogP contribution is -1.99. The molecule has 2 aromatic rings. The molecule has 0 aliphatic rings. The van der Waals surface area contributed by atoms with Crippen molar-refractivity contribution in [1.29, 1.82) is 0 Å². The third kappa shape index (κ3) is 3.15. The standard InChI is InChI=1S/C10H6ClN3O2S/c11-6-4-13-10(14-5-6)17-7-1-2-12-8(3-7)9(15)16/h1-5H,(H,15,16). The highest BCUT2D eigenvalue weighted by atomic mass is 35.5. The van der Waals surface area contributed by atoms with Crippen LogP contribution in [0.5, 0.6) is 0 Å². The fourth-order valence-electron chi connectivity index (χ4n) is 1.05. The smallest absolute Gasteiger partial charge is 0.354 e. The number of halogens is 1. The third-order valence-corrected chi connectivity index (χ3v) is 2.83. The molecule has 0 unspecified atom stereocenters. The average Bonchev–Trinajstić information content (AvgIpc) is 2.32. The van der Waals surface area contributed by atoms with Crippen LogP contribution in [0.1, 0.15) is 10.5 Å². The van der Waals surface area contributed by atoms with Gasteiger partial charge in [0.1, 0.15) is 5.69 Å². The van der Waals surface area contributed by atoms with E-state index in [1.165, 1.54) is 36.4 Å². The number of hydrogen-bond acceptors (Lipinski definition) is 5. The van der Waals surface area contributed by atoms with Crippen LogP contribution >= 0.6 is 23.4 Å². The van der Waals surface area contributed by atoms with Crippen molar-refractivity contribution < 1.29 is 9.90 Å². The van der Waals surface area contributed by atoms with Crippen LogP contribution in [0.15, 0.2) is 40.8 Å². The third-order valence-electron chi connectivity index (χ3n) is 1.76. The van der Waals surface area contributed by atoms with Gasteiger partial charge in [-0.25, -0.2) is 19.7 Å². The summed E-state index contributed by atoms with van der Waals surface area (Å²) in [6, 6.07) is 3.15. The Bertz CT molecular complexity index is 548. The number of aromatic carboxylic acids is 1. The van der Waals surface area contributed by atoms with E-state index in [0.29, 0.717) is 15.1 Å². The van der Waals surface area contributed by atoms with Crippen molar-refractivity contribution in [3.05, 3.63) is 41.4 Å². The first-order valence-electron chi connectivity index (χ1n) is 4.50. The molecule has 0 aromatic carbocycles. The quantitative estimate of drug-likeness (QED) is 0.861. The van der Waals surface area contributed by atoms with Crippen molar-refractivity contribution in [3.63, 3.8) is 0 Å². The van der Waals surface area contributed by atoms with Gasteiger partial charge in [-0.2, -0.15) is 0 Å². The SMILES string of the molecule is O=C(O)c1cc(Sc2ncc(Cl)cn2)ccn1. The van der Waals surface area contributed by atoms with Gasteiger partial charge < -0.3 is 5.11 Å². The molecule has 7 heteroatoms. The molecular weight excluding hydrogens is 262 g/mol. The highest BCUT2D eigenvalue weighted by Crippen LogP contribution is 2.24. The first-order chi connectivity index (χ1) is 8.15. The summed E-state index contributed by atoms with van der Waals surface area (Å²) >= 11 is 6.90. The van der Waals surface area contributed by atoms with Crippen LogP contribution in [0, 0.1) is 0 Å². The van der Waals surface area contributed by atoms with Gasteiger partial charge in [0, 0.05) is 11.1 Å².